The molecule has 0 amide bonds. The summed E-state index contributed by atoms with van der Waals surface area (Å²) in [7, 11) is 1.57. The second kappa shape index (κ2) is 6.07. The Morgan fingerprint density at radius 3 is 2.73 bits per heavy atom. The van der Waals surface area contributed by atoms with E-state index < -0.39 is 0 Å². The highest BCUT2D eigenvalue weighted by Crippen LogP contribution is 2.18. The summed E-state index contributed by atoms with van der Waals surface area (Å²) < 4.78 is 5.13. The lowest BCUT2D eigenvalue weighted by molar-refractivity contribution is 0.281. The summed E-state index contributed by atoms with van der Waals surface area (Å²) in [6, 6.07) is 5.34. The first-order valence-corrected chi connectivity index (χ1v) is 4.69. The van der Waals surface area contributed by atoms with Crippen LogP contribution in [0.3, 0.4) is 0 Å². The first kappa shape index (κ1) is 11.6. The molecular weight excluding hydrogens is 192 g/mol. The Balaban J connectivity index is 2.97. The number of aliphatic hydroxyl groups excluding tert-OH is 2. The standard InChI is InChI=1S/C12H14O3/c1-15-12-6-5-10(9-14)8-11(12)4-2-3-7-13/h5-6,8,13-14H,3,7,9H2,1H3. The molecule has 1 rings (SSSR count). The number of ether oxygens (including phenoxy) is 1. The maximum atomic E-state index is 8.97. The molecule has 0 aromatic heterocycles. The van der Waals surface area contributed by atoms with Crippen molar-refractivity contribution in [1.82, 2.24) is 0 Å². The normalized spacial score (nSPS) is 9.27. The van der Waals surface area contributed by atoms with Crippen molar-refractivity contribution in [3.05, 3.63) is 29.3 Å². The average molecular weight is 206 g/mol. The van der Waals surface area contributed by atoms with Gasteiger partial charge < -0.3 is 14.9 Å². The van der Waals surface area contributed by atoms with Crippen LogP contribution in [0.5, 0.6) is 5.75 Å². The zero-order chi connectivity index (χ0) is 11.1. The van der Waals surface area contributed by atoms with Gasteiger partial charge in [-0.15, -0.1) is 0 Å². The molecule has 0 saturated heterocycles. The fourth-order valence-corrected chi connectivity index (χ4v) is 1.16. The van der Waals surface area contributed by atoms with Crippen molar-refractivity contribution in [2.45, 2.75) is 13.0 Å². The second-order valence-corrected chi connectivity index (χ2v) is 2.97. The maximum Gasteiger partial charge on any atom is 0.134 e. The third-order valence-electron chi connectivity index (χ3n) is 1.91. The number of aliphatic hydroxyl groups is 2. The summed E-state index contributed by atoms with van der Waals surface area (Å²) in [6.07, 6.45) is 0.437. The molecule has 3 nitrogen and oxygen atoms in total. The van der Waals surface area contributed by atoms with Crippen LogP contribution in [0.25, 0.3) is 0 Å². The molecule has 0 aliphatic heterocycles. The SMILES string of the molecule is COc1ccc(CO)cc1C#CCCO. The molecule has 15 heavy (non-hydrogen) atoms. The first-order chi connectivity index (χ1) is 7.31. The molecule has 80 valence electrons. The Kier molecular flexibility index (Phi) is 4.69. The summed E-state index contributed by atoms with van der Waals surface area (Å²) in [5, 5.41) is 17.6. The molecule has 3 heteroatoms. The van der Waals surface area contributed by atoms with Gasteiger partial charge in [-0.05, 0) is 17.7 Å². The van der Waals surface area contributed by atoms with Crippen LogP contribution in [0.15, 0.2) is 18.2 Å². The lowest BCUT2D eigenvalue weighted by atomic mass is 10.1. The van der Waals surface area contributed by atoms with Crippen LogP contribution in [0.2, 0.25) is 0 Å². The van der Waals surface area contributed by atoms with Crippen molar-refractivity contribution < 1.29 is 14.9 Å². The van der Waals surface area contributed by atoms with Gasteiger partial charge in [0, 0.05) is 6.42 Å². The summed E-state index contributed by atoms with van der Waals surface area (Å²) >= 11 is 0. The zero-order valence-corrected chi connectivity index (χ0v) is 8.66. The van der Waals surface area contributed by atoms with E-state index >= 15 is 0 Å². The maximum absolute atomic E-state index is 8.97. The van der Waals surface area contributed by atoms with E-state index in [-0.39, 0.29) is 13.2 Å². The van der Waals surface area contributed by atoms with Crippen LogP contribution < -0.4 is 4.74 Å². The van der Waals surface area contributed by atoms with Crippen molar-refractivity contribution >= 4 is 0 Å². The van der Waals surface area contributed by atoms with Crippen LogP contribution in [0.4, 0.5) is 0 Å². The van der Waals surface area contributed by atoms with E-state index in [0.29, 0.717) is 12.2 Å². The third kappa shape index (κ3) is 3.28. The minimum absolute atomic E-state index is 0.0152. The van der Waals surface area contributed by atoms with Gasteiger partial charge in [-0.3, -0.25) is 0 Å². The van der Waals surface area contributed by atoms with Gasteiger partial charge >= 0.3 is 0 Å². The smallest absolute Gasteiger partial charge is 0.134 e. The largest absolute Gasteiger partial charge is 0.495 e. The van der Waals surface area contributed by atoms with Crippen LogP contribution in [-0.2, 0) is 6.61 Å². The van der Waals surface area contributed by atoms with Crippen molar-refractivity contribution in [2.75, 3.05) is 13.7 Å². The fourth-order valence-electron chi connectivity index (χ4n) is 1.16. The Morgan fingerprint density at radius 2 is 2.13 bits per heavy atom. The highest BCUT2D eigenvalue weighted by Gasteiger charge is 2.00. The van der Waals surface area contributed by atoms with Crippen LogP contribution in [-0.4, -0.2) is 23.9 Å². The van der Waals surface area contributed by atoms with Crippen molar-refractivity contribution in [1.29, 1.82) is 0 Å². The Morgan fingerprint density at radius 1 is 1.33 bits per heavy atom. The third-order valence-corrected chi connectivity index (χ3v) is 1.91. The van der Waals surface area contributed by atoms with Crippen molar-refractivity contribution in [3.63, 3.8) is 0 Å². The number of hydrogen-bond donors (Lipinski definition) is 2. The average Bonchev–Trinajstić information content (AvgIpc) is 2.29. The van der Waals surface area contributed by atoms with E-state index in [1.54, 1.807) is 25.3 Å². The number of hydrogen-bond acceptors (Lipinski definition) is 3. The predicted molar refractivity (Wildman–Crippen MR) is 57.5 cm³/mol. The van der Waals surface area contributed by atoms with Crippen molar-refractivity contribution in [2.24, 2.45) is 0 Å². The summed E-state index contributed by atoms with van der Waals surface area (Å²) in [6.45, 7) is 0.0354. The molecule has 0 spiro atoms. The summed E-state index contributed by atoms with van der Waals surface area (Å²) in [4.78, 5) is 0. The van der Waals surface area contributed by atoms with Crippen LogP contribution >= 0.6 is 0 Å². The van der Waals surface area contributed by atoms with Gasteiger partial charge in [-0.25, -0.2) is 0 Å². The van der Waals surface area contributed by atoms with Gasteiger partial charge in [0.25, 0.3) is 0 Å². The Bertz CT molecular complexity index is 374. The fraction of sp³-hybridized carbons (Fsp3) is 0.333. The quantitative estimate of drug-likeness (QED) is 0.723. The molecule has 0 saturated carbocycles. The molecule has 1 aromatic carbocycles. The summed E-state index contributed by atoms with van der Waals surface area (Å²) in [5.41, 5.74) is 1.53. The van der Waals surface area contributed by atoms with E-state index in [4.69, 9.17) is 14.9 Å². The highest BCUT2D eigenvalue weighted by atomic mass is 16.5. The van der Waals surface area contributed by atoms with Gasteiger partial charge in [0.15, 0.2) is 0 Å². The van der Waals surface area contributed by atoms with E-state index in [1.165, 1.54) is 0 Å². The molecule has 0 bridgehead atoms. The first-order valence-electron chi connectivity index (χ1n) is 4.69. The van der Waals surface area contributed by atoms with Crippen molar-refractivity contribution in [3.8, 4) is 17.6 Å². The van der Waals surface area contributed by atoms with Gasteiger partial charge in [-0.2, -0.15) is 0 Å². The topological polar surface area (TPSA) is 49.7 Å². The molecule has 0 aliphatic carbocycles. The van der Waals surface area contributed by atoms with E-state index in [1.807, 2.05) is 0 Å². The Hall–Kier alpha value is -1.50. The lowest BCUT2D eigenvalue weighted by Gasteiger charge is -2.04. The predicted octanol–water partition coefficient (Wildman–Crippen LogP) is 0.921. The van der Waals surface area contributed by atoms with Gasteiger partial charge in [0.05, 0.1) is 25.9 Å². The molecule has 0 unspecified atom stereocenters. The molecule has 0 atom stereocenters. The van der Waals surface area contributed by atoms with E-state index in [9.17, 15) is 0 Å². The minimum Gasteiger partial charge on any atom is -0.495 e. The van der Waals surface area contributed by atoms with Gasteiger partial charge in [0.1, 0.15) is 5.75 Å². The molecule has 2 N–H and O–H groups in total. The molecule has 0 aliphatic rings. The van der Waals surface area contributed by atoms with Crippen LogP contribution in [0, 0.1) is 11.8 Å². The molecule has 0 heterocycles. The van der Waals surface area contributed by atoms with E-state index in [2.05, 4.69) is 11.8 Å². The van der Waals surface area contributed by atoms with Crippen LogP contribution in [0.1, 0.15) is 17.5 Å². The van der Waals surface area contributed by atoms with Gasteiger partial charge in [0.2, 0.25) is 0 Å². The molecule has 1 aromatic rings. The number of benzene rings is 1. The Labute approximate surface area is 89.3 Å². The molecule has 0 fully saturated rings. The molecule has 0 radical (unpaired) electrons. The van der Waals surface area contributed by atoms with E-state index in [0.717, 1.165) is 11.1 Å². The molecular formula is C12H14O3. The second-order valence-electron chi connectivity index (χ2n) is 2.97. The highest BCUT2D eigenvalue weighted by molar-refractivity contribution is 5.48. The number of rotatable bonds is 3. The van der Waals surface area contributed by atoms with Gasteiger partial charge in [-0.1, -0.05) is 17.9 Å². The summed E-state index contributed by atoms with van der Waals surface area (Å²) in [5.74, 6) is 6.39. The zero-order valence-electron chi connectivity index (χ0n) is 8.66. The lowest BCUT2D eigenvalue weighted by Crippen LogP contribution is -1.91. The minimum atomic E-state index is -0.0152. The monoisotopic (exact) mass is 206 g/mol. The number of methoxy groups -OCH3 is 1.